The van der Waals surface area contributed by atoms with Crippen LogP contribution in [0.1, 0.15) is 35.7 Å². The Bertz CT molecular complexity index is 1350. The Morgan fingerprint density at radius 2 is 1.62 bits per heavy atom. The number of alkyl halides is 3. The fourth-order valence-corrected chi connectivity index (χ4v) is 3.81. The van der Waals surface area contributed by atoms with Gasteiger partial charge in [-0.2, -0.15) is 18.2 Å². The maximum atomic E-state index is 13.0. The zero-order valence-electron chi connectivity index (χ0n) is 19.7. The molecule has 4 rings (SSSR count). The molecule has 0 aliphatic heterocycles. The summed E-state index contributed by atoms with van der Waals surface area (Å²) in [7, 11) is 0. The van der Waals surface area contributed by atoms with Crippen molar-refractivity contribution in [3.8, 4) is 11.8 Å². The summed E-state index contributed by atoms with van der Waals surface area (Å²) in [6, 6.07) is 18.7. The van der Waals surface area contributed by atoms with Crippen LogP contribution in [0.3, 0.4) is 0 Å². The summed E-state index contributed by atoms with van der Waals surface area (Å²) in [5.41, 5.74) is -0.380. The molecule has 1 unspecified atom stereocenters. The largest absolute Gasteiger partial charge is 0.481 e. The molecule has 190 valence electrons. The van der Waals surface area contributed by atoms with E-state index in [4.69, 9.17) is 4.74 Å². The van der Waals surface area contributed by atoms with Crippen molar-refractivity contribution in [2.75, 3.05) is 5.32 Å². The topological polar surface area (TPSA) is 97.2 Å². The number of carboxylic acids is 1. The zero-order chi connectivity index (χ0) is 26.5. The first-order valence-electron chi connectivity index (χ1n) is 11.3. The van der Waals surface area contributed by atoms with Crippen LogP contribution in [-0.4, -0.2) is 26.0 Å². The lowest BCUT2D eigenvalue weighted by Gasteiger charge is -2.28. The molecule has 2 N–H and O–H groups in total. The average molecular weight is 509 g/mol. The van der Waals surface area contributed by atoms with E-state index in [9.17, 15) is 23.1 Å². The molecule has 2 heterocycles. The summed E-state index contributed by atoms with van der Waals surface area (Å²) in [6.07, 6.45) is -1.77. The van der Waals surface area contributed by atoms with E-state index in [2.05, 4.69) is 20.3 Å². The van der Waals surface area contributed by atoms with Crippen molar-refractivity contribution in [2.24, 2.45) is 0 Å². The number of benzene rings is 2. The van der Waals surface area contributed by atoms with Crippen molar-refractivity contribution in [3.63, 3.8) is 0 Å². The summed E-state index contributed by atoms with van der Waals surface area (Å²) in [5, 5.41) is 12.7. The van der Waals surface area contributed by atoms with Crippen molar-refractivity contribution >= 4 is 11.8 Å². The highest BCUT2D eigenvalue weighted by molar-refractivity contribution is 5.70. The molecule has 0 spiro atoms. The second kappa shape index (κ2) is 10.7. The molecule has 0 fully saturated rings. The van der Waals surface area contributed by atoms with Gasteiger partial charge in [0, 0.05) is 24.4 Å². The van der Waals surface area contributed by atoms with E-state index in [1.165, 1.54) is 24.4 Å². The molecule has 7 nitrogen and oxygen atoms in total. The number of nitrogens with zero attached hydrogens (tertiary/aromatic N) is 3. The van der Waals surface area contributed by atoms with Gasteiger partial charge in [0.2, 0.25) is 0 Å². The highest BCUT2D eigenvalue weighted by atomic mass is 19.4. The SMILES string of the molecule is CC(CC(=O)O)(c1ccc(C(F)(F)F)cc1)c1ccnc(Oc2ccc(CNc3ccccn3)cc2)n1. The summed E-state index contributed by atoms with van der Waals surface area (Å²) in [5.74, 6) is 0.0945. The van der Waals surface area contributed by atoms with Crippen LogP contribution in [0.2, 0.25) is 0 Å². The molecule has 0 aliphatic rings. The summed E-state index contributed by atoms with van der Waals surface area (Å²) >= 11 is 0. The van der Waals surface area contributed by atoms with Gasteiger partial charge >= 0.3 is 18.2 Å². The van der Waals surface area contributed by atoms with Gasteiger partial charge in [-0.15, -0.1) is 0 Å². The molecular formula is C27H23F3N4O3. The number of rotatable bonds is 9. The highest BCUT2D eigenvalue weighted by Gasteiger charge is 2.36. The Morgan fingerprint density at radius 3 is 2.24 bits per heavy atom. The second-order valence-electron chi connectivity index (χ2n) is 8.52. The first kappa shape index (κ1) is 25.6. The van der Waals surface area contributed by atoms with E-state index in [0.29, 0.717) is 23.6 Å². The Labute approximate surface area is 211 Å². The lowest BCUT2D eigenvalue weighted by molar-refractivity contribution is -0.139. The standard InChI is InChI=1S/C27H23F3N4O3/c1-26(16-24(35)36,19-7-9-20(10-8-19)27(28,29)30)22-13-15-32-25(34-22)37-21-11-5-18(6-12-21)17-33-23-4-2-3-14-31-23/h2-15H,16-17H2,1H3,(H,31,33)(H,35,36). The number of aliphatic carboxylic acids is 1. The molecule has 0 bridgehead atoms. The quantitative estimate of drug-likeness (QED) is 0.283. The van der Waals surface area contributed by atoms with E-state index in [1.807, 2.05) is 30.3 Å². The van der Waals surface area contributed by atoms with Crippen LogP contribution in [0.4, 0.5) is 19.0 Å². The molecule has 0 aliphatic carbocycles. The molecular weight excluding hydrogens is 485 g/mol. The number of carboxylic acid groups (broad SMARTS) is 1. The molecule has 10 heteroatoms. The number of hydrogen-bond acceptors (Lipinski definition) is 6. The van der Waals surface area contributed by atoms with Gasteiger partial charge in [0.25, 0.3) is 0 Å². The zero-order valence-corrected chi connectivity index (χ0v) is 19.7. The highest BCUT2D eigenvalue weighted by Crippen LogP contribution is 2.37. The van der Waals surface area contributed by atoms with E-state index in [1.54, 1.807) is 25.3 Å². The minimum Gasteiger partial charge on any atom is -0.481 e. The lowest BCUT2D eigenvalue weighted by Crippen LogP contribution is -2.29. The molecule has 0 saturated carbocycles. The van der Waals surface area contributed by atoms with E-state index in [0.717, 1.165) is 23.5 Å². The Morgan fingerprint density at radius 1 is 0.919 bits per heavy atom. The van der Waals surface area contributed by atoms with E-state index in [-0.39, 0.29) is 6.01 Å². The van der Waals surface area contributed by atoms with Gasteiger partial charge in [-0.05, 0) is 60.5 Å². The Balaban J connectivity index is 1.53. The van der Waals surface area contributed by atoms with Gasteiger partial charge in [-0.1, -0.05) is 30.3 Å². The van der Waals surface area contributed by atoms with Crippen LogP contribution in [0.25, 0.3) is 0 Å². The van der Waals surface area contributed by atoms with Crippen LogP contribution in [-0.2, 0) is 22.9 Å². The minimum atomic E-state index is -4.50. The lowest BCUT2D eigenvalue weighted by atomic mass is 9.76. The summed E-state index contributed by atoms with van der Waals surface area (Å²) < 4.78 is 44.8. The number of pyridine rings is 1. The number of ether oxygens (including phenoxy) is 1. The van der Waals surface area contributed by atoms with Crippen molar-refractivity contribution in [3.05, 3.63) is 108 Å². The fourth-order valence-electron chi connectivity index (χ4n) is 3.81. The first-order valence-corrected chi connectivity index (χ1v) is 11.3. The predicted octanol–water partition coefficient (Wildman–Crippen LogP) is 6.08. The molecule has 0 radical (unpaired) electrons. The third kappa shape index (κ3) is 6.40. The number of hydrogen-bond donors (Lipinski definition) is 2. The molecule has 0 saturated heterocycles. The van der Waals surface area contributed by atoms with Crippen LogP contribution in [0.15, 0.2) is 85.2 Å². The molecule has 1 atom stereocenters. The monoisotopic (exact) mass is 508 g/mol. The van der Waals surface area contributed by atoms with Crippen molar-refractivity contribution in [2.45, 2.75) is 31.5 Å². The van der Waals surface area contributed by atoms with Crippen molar-refractivity contribution in [1.29, 1.82) is 0 Å². The van der Waals surface area contributed by atoms with Crippen LogP contribution in [0, 0.1) is 0 Å². The van der Waals surface area contributed by atoms with E-state index < -0.39 is 29.5 Å². The Kier molecular flexibility index (Phi) is 7.37. The number of nitrogens with one attached hydrogen (secondary N) is 1. The van der Waals surface area contributed by atoms with Crippen molar-refractivity contribution in [1.82, 2.24) is 15.0 Å². The van der Waals surface area contributed by atoms with Gasteiger partial charge in [-0.3, -0.25) is 4.79 Å². The van der Waals surface area contributed by atoms with Crippen LogP contribution < -0.4 is 10.1 Å². The molecule has 2 aromatic heterocycles. The fraction of sp³-hybridized carbons (Fsp3) is 0.185. The molecule has 0 amide bonds. The van der Waals surface area contributed by atoms with Crippen LogP contribution in [0.5, 0.6) is 11.8 Å². The third-order valence-corrected chi connectivity index (χ3v) is 5.82. The maximum absolute atomic E-state index is 13.0. The van der Waals surface area contributed by atoms with Crippen LogP contribution >= 0.6 is 0 Å². The molecule has 2 aromatic carbocycles. The number of anilines is 1. The van der Waals surface area contributed by atoms with Gasteiger partial charge in [0.15, 0.2) is 0 Å². The smallest absolute Gasteiger partial charge is 0.416 e. The Hall–Kier alpha value is -4.47. The normalized spacial score (nSPS) is 13.0. The van der Waals surface area contributed by atoms with Crippen molar-refractivity contribution < 1.29 is 27.8 Å². The summed E-state index contributed by atoms with van der Waals surface area (Å²) in [6.45, 7) is 2.17. The average Bonchev–Trinajstić information content (AvgIpc) is 2.88. The van der Waals surface area contributed by atoms with Gasteiger partial charge in [-0.25, -0.2) is 9.97 Å². The minimum absolute atomic E-state index is 0.0135. The predicted molar refractivity (Wildman–Crippen MR) is 130 cm³/mol. The number of halogens is 3. The van der Waals surface area contributed by atoms with Gasteiger partial charge in [0.1, 0.15) is 11.6 Å². The number of aromatic nitrogens is 3. The first-order chi connectivity index (χ1) is 17.6. The summed E-state index contributed by atoms with van der Waals surface area (Å²) in [4.78, 5) is 24.4. The molecule has 37 heavy (non-hydrogen) atoms. The number of carbonyl (C=O) groups is 1. The van der Waals surface area contributed by atoms with Gasteiger partial charge < -0.3 is 15.2 Å². The van der Waals surface area contributed by atoms with Gasteiger partial charge in [0.05, 0.1) is 17.7 Å². The second-order valence-corrected chi connectivity index (χ2v) is 8.52. The third-order valence-electron chi connectivity index (χ3n) is 5.82. The van der Waals surface area contributed by atoms with E-state index >= 15 is 0 Å². The maximum Gasteiger partial charge on any atom is 0.416 e. The molecule has 4 aromatic rings.